The molecule has 0 saturated carbocycles. The van der Waals surface area contributed by atoms with Crippen LogP contribution in [0.25, 0.3) is 0 Å². The van der Waals surface area contributed by atoms with Gasteiger partial charge in [-0.3, -0.25) is 19.7 Å². The molecule has 1 atom stereocenters. The molecule has 1 aliphatic rings. The van der Waals surface area contributed by atoms with Crippen LogP contribution in [0, 0.1) is 10.1 Å². The summed E-state index contributed by atoms with van der Waals surface area (Å²) in [5.41, 5.74) is -0.296. The van der Waals surface area contributed by atoms with Crippen LogP contribution in [0.15, 0.2) is 18.2 Å². The first-order chi connectivity index (χ1) is 11.0. The zero-order chi connectivity index (χ0) is 16.8. The molecule has 9 heteroatoms. The van der Waals surface area contributed by atoms with Crippen LogP contribution in [0.5, 0.6) is 0 Å². The fourth-order valence-corrected chi connectivity index (χ4v) is 2.34. The number of halogens is 1. The third-order valence-electron chi connectivity index (χ3n) is 3.37. The molecule has 2 amide bonds. The molecule has 1 aromatic rings. The lowest BCUT2D eigenvalue weighted by molar-refractivity contribution is -0.384. The van der Waals surface area contributed by atoms with Crippen molar-refractivity contribution in [3.05, 3.63) is 38.9 Å². The van der Waals surface area contributed by atoms with Crippen molar-refractivity contribution >= 4 is 29.1 Å². The van der Waals surface area contributed by atoms with Crippen LogP contribution in [0.1, 0.15) is 23.2 Å². The molecule has 0 spiro atoms. The molecular weight excluding hydrogens is 326 g/mol. The van der Waals surface area contributed by atoms with Gasteiger partial charge in [0.1, 0.15) is 5.02 Å². The Morgan fingerprint density at radius 2 is 2.17 bits per heavy atom. The van der Waals surface area contributed by atoms with Gasteiger partial charge in [-0.15, -0.1) is 0 Å². The molecule has 2 N–H and O–H groups in total. The normalized spacial score (nSPS) is 16.8. The van der Waals surface area contributed by atoms with E-state index in [4.69, 9.17) is 16.3 Å². The Morgan fingerprint density at radius 1 is 1.39 bits per heavy atom. The number of nitrogens with one attached hydrogen (secondary N) is 2. The standard InChI is InChI=1S/C14H16ClN3O5/c15-11-4-3-9(6-12(11)18(21)22)14(20)17-8-13(19)16-7-10-2-1-5-23-10/h3-4,6,10H,1-2,5,7-8H2,(H,16,19)(H,17,20)/t10-/m0/s1. The first-order valence-electron chi connectivity index (χ1n) is 7.08. The lowest BCUT2D eigenvalue weighted by atomic mass is 10.2. The second-order valence-electron chi connectivity index (χ2n) is 5.05. The number of nitro benzene ring substituents is 1. The molecule has 1 heterocycles. The Hall–Kier alpha value is -2.19. The molecule has 1 aromatic carbocycles. The predicted octanol–water partition coefficient (Wildman–Crippen LogP) is 1.27. The van der Waals surface area contributed by atoms with Gasteiger partial charge in [-0.2, -0.15) is 0 Å². The summed E-state index contributed by atoms with van der Waals surface area (Å²) in [6, 6.07) is 3.70. The van der Waals surface area contributed by atoms with E-state index in [2.05, 4.69) is 10.6 Å². The van der Waals surface area contributed by atoms with Gasteiger partial charge in [-0.05, 0) is 25.0 Å². The van der Waals surface area contributed by atoms with Crippen LogP contribution in [0.3, 0.4) is 0 Å². The van der Waals surface area contributed by atoms with Crippen molar-refractivity contribution in [1.82, 2.24) is 10.6 Å². The fourth-order valence-electron chi connectivity index (χ4n) is 2.15. The molecule has 124 valence electrons. The minimum atomic E-state index is -0.673. The van der Waals surface area contributed by atoms with Crippen LogP contribution < -0.4 is 10.6 Å². The maximum absolute atomic E-state index is 11.9. The van der Waals surface area contributed by atoms with Gasteiger partial charge < -0.3 is 15.4 Å². The molecule has 0 unspecified atom stereocenters. The monoisotopic (exact) mass is 341 g/mol. The lowest BCUT2D eigenvalue weighted by Crippen LogP contribution is -2.39. The second kappa shape index (κ2) is 7.89. The third kappa shape index (κ3) is 4.90. The van der Waals surface area contributed by atoms with E-state index in [1.54, 1.807) is 0 Å². The first kappa shape index (κ1) is 17.2. The minimum Gasteiger partial charge on any atom is -0.376 e. The summed E-state index contributed by atoms with van der Waals surface area (Å²) < 4.78 is 5.37. The van der Waals surface area contributed by atoms with Gasteiger partial charge in [0, 0.05) is 24.8 Å². The van der Waals surface area contributed by atoms with E-state index in [-0.39, 0.29) is 34.8 Å². The molecule has 0 aromatic heterocycles. The number of amides is 2. The number of carbonyl (C=O) groups is 2. The number of ether oxygens (including phenoxy) is 1. The summed E-state index contributed by atoms with van der Waals surface area (Å²) in [5.74, 6) is -0.936. The highest BCUT2D eigenvalue weighted by molar-refractivity contribution is 6.32. The van der Waals surface area contributed by atoms with E-state index in [9.17, 15) is 19.7 Å². The molecular formula is C14H16ClN3O5. The average molecular weight is 342 g/mol. The van der Waals surface area contributed by atoms with E-state index in [1.165, 1.54) is 12.1 Å². The highest BCUT2D eigenvalue weighted by atomic mass is 35.5. The van der Waals surface area contributed by atoms with Crippen LogP contribution in [-0.4, -0.2) is 42.5 Å². The molecule has 8 nitrogen and oxygen atoms in total. The first-order valence-corrected chi connectivity index (χ1v) is 7.45. The topological polar surface area (TPSA) is 111 Å². The van der Waals surface area contributed by atoms with Crippen molar-refractivity contribution in [2.45, 2.75) is 18.9 Å². The summed E-state index contributed by atoms with van der Waals surface area (Å²) >= 11 is 5.68. The van der Waals surface area contributed by atoms with E-state index < -0.39 is 10.8 Å². The van der Waals surface area contributed by atoms with Gasteiger partial charge in [-0.25, -0.2) is 0 Å². The van der Waals surface area contributed by atoms with Crippen LogP contribution in [-0.2, 0) is 9.53 Å². The molecule has 2 rings (SSSR count). The molecule has 0 aliphatic carbocycles. The molecule has 1 fully saturated rings. The van der Waals surface area contributed by atoms with Crippen molar-refractivity contribution in [2.75, 3.05) is 19.7 Å². The molecule has 1 aliphatic heterocycles. The van der Waals surface area contributed by atoms with E-state index in [1.807, 2.05) is 0 Å². The number of carbonyl (C=O) groups excluding carboxylic acids is 2. The van der Waals surface area contributed by atoms with Crippen molar-refractivity contribution in [3.63, 3.8) is 0 Å². The number of hydrogen-bond acceptors (Lipinski definition) is 5. The van der Waals surface area contributed by atoms with E-state index in [0.717, 1.165) is 18.9 Å². The van der Waals surface area contributed by atoms with Crippen LogP contribution in [0.4, 0.5) is 5.69 Å². The van der Waals surface area contributed by atoms with Gasteiger partial charge in [0.15, 0.2) is 0 Å². The van der Waals surface area contributed by atoms with Crippen LogP contribution in [0.2, 0.25) is 5.02 Å². The average Bonchev–Trinajstić information content (AvgIpc) is 3.04. The minimum absolute atomic E-state index is 0.0218. The maximum Gasteiger partial charge on any atom is 0.288 e. The van der Waals surface area contributed by atoms with Gasteiger partial charge >= 0.3 is 0 Å². The summed E-state index contributed by atoms with van der Waals surface area (Å²) in [7, 11) is 0. The van der Waals surface area contributed by atoms with Crippen molar-refractivity contribution in [2.24, 2.45) is 0 Å². The molecule has 0 radical (unpaired) electrons. The molecule has 1 saturated heterocycles. The van der Waals surface area contributed by atoms with Gasteiger partial charge in [0.05, 0.1) is 17.6 Å². The van der Waals surface area contributed by atoms with Gasteiger partial charge in [-0.1, -0.05) is 11.6 Å². The Morgan fingerprint density at radius 3 is 2.83 bits per heavy atom. The Kier molecular flexibility index (Phi) is 5.89. The van der Waals surface area contributed by atoms with Crippen molar-refractivity contribution < 1.29 is 19.2 Å². The Labute approximate surface area is 137 Å². The largest absolute Gasteiger partial charge is 0.376 e. The van der Waals surface area contributed by atoms with E-state index >= 15 is 0 Å². The number of rotatable bonds is 6. The van der Waals surface area contributed by atoms with Crippen molar-refractivity contribution in [1.29, 1.82) is 0 Å². The van der Waals surface area contributed by atoms with Gasteiger partial charge in [0.25, 0.3) is 11.6 Å². The smallest absolute Gasteiger partial charge is 0.288 e. The second-order valence-corrected chi connectivity index (χ2v) is 5.45. The number of nitrogens with zero attached hydrogens (tertiary/aromatic N) is 1. The Balaban J connectivity index is 1.83. The number of hydrogen-bond donors (Lipinski definition) is 2. The maximum atomic E-state index is 11.9. The van der Waals surface area contributed by atoms with E-state index in [0.29, 0.717) is 13.2 Å². The Bertz CT molecular complexity index is 616. The molecule has 23 heavy (non-hydrogen) atoms. The summed E-state index contributed by atoms with van der Waals surface area (Å²) in [6.07, 6.45) is 1.90. The lowest BCUT2D eigenvalue weighted by Gasteiger charge is -2.11. The highest BCUT2D eigenvalue weighted by Gasteiger charge is 2.18. The summed E-state index contributed by atoms with van der Waals surface area (Å²) in [5, 5.41) is 15.8. The third-order valence-corrected chi connectivity index (χ3v) is 3.69. The number of nitro groups is 1. The van der Waals surface area contributed by atoms with Crippen LogP contribution >= 0.6 is 11.6 Å². The number of benzene rings is 1. The fraction of sp³-hybridized carbons (Fsp3) is 0.429. The SMILES string of the molecule is O=C(CNC(=O)c1ccc(Cl)c([N+](=O)[O-])c1)NC[C@@H]1CCCO1. The zero-order valence-electron chi connectivity index (χ0n) is 12.2. The highest BCUT2D eigenvalue weighted by Crippen LogP contribution is 2.24. The van der Waals surface area contributed by atoms with Gasteiger partial charge in [0.2, 0.25) is 5.91 Å². The zero-order valence-corrected chi connectivity index (χ0v) is 13.0. The summed E-state index contributed by atoms with van der Waals surface area (Å²) in [4.78, 5) is 33.7. The quantitative estimate of drug-likeness (QED) is 0.598. The predicted molar refractivity (Wildman–Crippen MR) is 82.4 cm³/mol. The summed E-state index contributed by atoms with van der Waals surface area (Å²) in [6.45, 7) is 0.885. The van der Waals surface area contributed by atoms with Crippen molar-refractivity contribution in [3.8, 4) is 0 Å². The molecule has 0 bridgehead atoms.